The molecule has 2 heterocycles. The molecule has 0 atom stereocenters. The van der Waals surface area contributed by atoms with Crippen LogP contribution in [-0.4, -0.2) is 31.6 Å². The molecule has 0 unspecified atom stereocenters. The number of fused-ring (bicyclic) bond motifs is 1. The number of benzene rings is 1. The van der Waals surface area contributed by atoms with Gasteiger partial charge in [0, 0.05) is 17.1 Å². The molecule has 5 nitrogen and oxygen atoms in total. The number of thiophene rings is 1. The summed E-state index contributed by atoms with van der Waals surface area (Å²) in [7, 11) is 0. The summed E-state index contributed by atoms with van der Waals surface area (Å²) in [5.74, 6) is -0.480. The smallest absolute Gasteiger partial charge is 0.341 e. The Morgan fingerprint density at radius 3 is 2.77 bits per heavy atom. The molecule has 0 saturated heterocycles. The van der Waals surface area contributed by atoms with E-state index in [1.54, 1.807) is 6.92 Å². The maximum atomic E-state index is 12.6. The van der Waals surface area contributed by atoms with Crippen molar-refractivity contribution in [1.29, 1.82) is 0 Å². The van der Waals surface area contributed by atoms with Crippen LogP contribution in [0.3, 0.4) is 0 Å². The topological polar surface area (TPSA) is 58.6 Å². The van der Waals surface area contributed by atoms with Crippen LogP contribution in [0.1, 0.15) is 40.2 Å². The van der Waals surface area contributed by atoms with Crippen molar-refractivity contribution in [3.63, 3.8) is 0 Å². The van der Waals surface area contributed by atoms with Gasteiger partial charge in [0.15, 0.2) is 0 Å². The largest absolute Gasteiger partial charge is 0.462 e. The molecule has 26 heavy (non-hydrogen) atoms. The second-order valence-electron chi connectivity index (χ2n) is 6.26. The van der Waals surface area contributed by atoms with Gasteiger partial charge < -0.3 is 15.0 Å². The number of carbonyl (C=O) groups excluding carboxylic acids is 2. The molecule has 0 bridgehead atoms. The van der Waals surface area contributed by atoms with E-state index in [1.807, 2.05) is 32.0 Å². The highest BCUT2D eigenvalue weighted by molar-refractivity contribution is 7.16. The Kier molecular flexibility index (Phi) is 5.61. The van der Waals surface area contributed by atoms with E-state index in [0.717, 1.165) is 35.5 Å². The first kappa shape index (κ1) is 18.5. The number of hydrogen-bond acceptors (Lipinski definition) is 5. The fourth-order valence-electron chi connectivity index (χ4n) is 3.42. The first-order valence-corrected chi connectivity index (χ1v) is 9.78. The van der Waals surface area contributed by atoms with E-state index in [2.05, 4.69) is 16.3 Å². The zero-order valence-corrected chi connectivity index (χ0v) is 16.2. The van der Waals surface area contributed by atoms with Gasteiger partial charge in [0.1, 0.15) is 5.00 Å². The van der Waals surface area contributed by atoms with Crippen molar-refractivity contribution in [2.24, 2.45) is 0 Å². The summed E-state index contributed by atoms with van der Waals surface area (Å²) in [4.78, 5) is 28.1. The number of carbonyl (C=O) groups is 2. The van der Waals surface area contributed by atoms with Crippen LogP contribution in [0.5, 0.6) is 0 Å². The second kappa shape index (κ2) is 7.91. The summed E-state index contributed by atoms with van der Waals surface area (Å²) in [6.45, 7) is 7.18. The highest BCUT2D eigenvalue weighted by Crippen LogP contribution is 2.34. The molecule has 1 aliphatic heterocycles. The standard InChI is InChI=1S/C20H24N2O3S/c1-4-15-13(3)26-19(18(15)20(24)25-5-2)21-17(23)12-22-11-10-14-8-6-7-9-16(14)22/h6-9H,4-5,10-12H2,1-3H3,(H,21,23). The Morgan fingerprint density at radius 1 is 1.27 bits per heavy atom. The van der Waals surface area contributed by atoms with Crippen molar-refractivity contribution < 1.29 is 14.3 Å². The average Bonchev–Trinajstić information content (AvgIpc) is 3.15. The van der Waals surface area contributed by atoms with Crippen molar-refractivity contribution in [3.8, 4) is 0 Å². The van der Waals surface area contributed by atoms with Crippen LogP contribution < -0.4 is 10.2 Å². The van der Waals surface area contributed by atoms with Crippen LogP contribution in [-0.2, 0) is 22.4 Å². The summed E-state index contributed by atoms with van der Waals surface area (Å²) in [6, 6.07) is 8.16. The van der Waals surface area contributed by atoms with Gasteiger partial charge in [-0.15, -0.1) is 11.3 Å². The lowest BCUT2D eigenvalue weighted by Gasteiger charge is -2.18. The maximum absolute atomic E-state index is 12.6. The van der Waals surface area contributed by atoms with Crippen molar-refractivity contribution in [2.75, 3.05) is 29.9 Å². The lowest BCUT2D eigenvalue weighted by Crippen LogP contribution is -2.32. The van der Waals surface area contributed by atoms with Gasteiger partial charge in [0.2, 0.25) is 5.91 Å². The van der Waals surface area contributed by atoms with Crippen molar-refractivity contribution in [1.82, 2.24) is 0 Å². The molecule has 1 N–H and O–H groups in total. The van der Waals surface area contributed by atoms with E-state index in [4.69, 9.17) is 4.74 Å². The molecule has 1 aromatic heterocycles. The zero-order valence-electron chi connectivity index (χ0n) is 15.4. The Balaban J connectivity index is 1.77. The molecule has 2 aromatic rings. The predicted octanol–water partition coefficient (Wildman–Crippen LogP) is 3.80. The highest BCUT2D eigenvalue weighted by atomic mass is 32.1. The quantitative estimate of drug-likeness (QED) is 0.784. The Bertz CT molecular complexity index is 828. The van der Waals surface area contributed by atoms with Crippen LogP contribution in [0.15, 0.2) is 24.3 Å². The molecule has 0 fully saturated rings. The van der Waals surface area contributed by atoms with Crippen LogP contribution in [0.25, 0.3) is 0 Å². The molecular weight excluding hydrogens is 348 g/mol. The van der Waals surface area contributed by atoms with E-state index in [-0.39, 0.29) is 18.4 Å². The summed E-state index contributed by atoms with van der Waals surface area (Å²) in [6.07, 6.45) is 1.68. The molecule has 138 valence electrons. The minimum Gasteiger partial charge on any atom is -0.462 e. The number of para-hydroxylation sites is 1. The SMILES string of the molecule is CCOC(=O)c1c(NC(=O)CN2CCc3ccccc32)sc(C)c1CC. The van der Waals surface area contributed by atoms with Gasteiger partial charge in [-0.25, -0.2) is 4.79 Å². The van der Waals surface area contributed by atoms with Gasteiger partial charge in [0.05, 0.1) is 18.7 Å². The van der Waals surface area contributed by atoms with Crippen molar-refractivity contribution >= 4 is 33.9 Å². The van der Waals surface area contributed by atoms with Crippen LogP contribution in [0.2, 0.25) is 0 Å². The van der Waals surface area contributed by atoms with Crippen LogP contribution >= 0.6 is 11.3 Å². The zero-order chi connectivity index (χ0) is 18.7. The number of anilines is 2. The Labute approximate surface area is 158 Å². The lowest BCUT2D eigenvalue weighted by molar-refractivity contribution is -0.114. The Morgan fingerprint density at radius 2 is 2.04 bits per heavy atom. The van der Waals surface area contributed by atoms with Crippen LogP contribution in [0.4, 0.5) is 10.7 Å². The number of esters is 1. The third-order valence-corrected chi connectivity index (χ3v) is 5.68. The predicted molar refractivity (Wildman–Crippen MR) is 105 cm³/mol. The number of nitrogens with one attached hydrogen (secondary N) is 1. The molecule has 0 saturated carbocycles. The van der Waals surface area contributed by atoms with Gasteiger partial charge in [-0.05, 0) is 43.9 Å². The number of rotatable bonds is 6. The number of amides is 1. The number of aryl methyl sites for hydroxylation is 1. The molecule has 3 rings (SSSR count). The fourth-order valence-corrected chi connectivity index (χ4v) is 4.57. The van der Waals surface area contributed by atoms with Gasteiger partial charge in [-0.1, -0.05) is 25.1 Å². The molecule has 1 aromatic carbocycles. The minimum atomic E-state index is -0.365. The van der Waals surface area contributed by atoms with Crippen LogP contribution in [0, 0.1) is 6.92 Å². The van der Waals surface area contributed by atoms with E-state index >= 15 is 0 Å². The summed E-state index contributed by atoms with van der Waals surface area (Å²) in [5, 5.41) is 3.53. The molecule has 0 spiro atoms. The third kappa shape index (κ3) is 3.60. The number of ether oxygens (including phenoxy) is 1. The number of hydrogen-bond donors (Lipinski definition) is 1. The minimum absolute atomic E-state index is 0.115. The lowest BCUT2D eigenvalue weighted by atomic mass is 10.1. The second-order valence-corrected chi connectivity index (χ2v) is 7.49. The first-order chi connectivity index (χ1) is 12.5. The van der Waals surface area contributed by atoms with E-state index < -0.39 is 0 Å². The fraction of sp³-hybridized carbons (Fsp3) is 0.400. The molecule has 6 heteroatoms. The summed E-state index contributed by atoms with van der Waals surface area (Å²) >= 11 is 1.44. The van der Waals surface area contributed by atoms with Gasteiger partial charge in [0.25, 0.3) is 0 Å². The molecular formula is C20H24N2O3S. The van der Waals surface area contributed by atoms with E-state index in [0.29, 0.717) is 17.2 Å². The Hall–Kier alpha value is -2.34. The highest BCUT2D eigenvalue weighted by Gasteiger charge is 2.25. The summed E-state index contributed by atoms with van der Waals surface area (Å²) < 4.78 is 5.19. The monoisotopic (exact) mass is 372 g/mol. The van der Waals surface area contributed by atoms with Gasteiger partial charge >= 0.3 is 5.97 Å². The number of nitrogens with zero attached hydrogens (tertiary/aromatic N) is 1. The van der Waals surface area contributed by atoms with Gasteiger partial charge in [-0.2, -0.15) is 0 Å². The van der Waals surface area contributed by atoms with Crippen molar-refractivity contribution in [2.45, 2.75) is 33.6 Å². The summed E-state index contributed by atoms with van der Waals surface area (Å²) in [5.41, 5.74) is 3.85. The maximum Gasteiger partial charge on any atom is 0.341 e. The molecule has 1 aliphatic rings. The normalized spacial score (nSPS) is 12.8. The average molecular weight is 372 g/mol. The van der Waals surface area contributed by atoms with Crippen molar-refractivity contribution in [3.05, 3.63) is 45.8 Å². The van der Waals surface area contributed by atoms with E-state index in [1.165, 1.54) is 16.9 Å². The molecule has 0 aliphatic carbocycles. The molecule has 0 radical (unpaired) electrons. The molecule has 1 amide bonds. The third-order valence-electron chi connectivity index (χ3n) is 4.61. The first-order valence-electron chi connectivity index (χ1n) is 8.97. The van der Waals surface area contributed by atoms with Gasteiger partial charge in [-0.3, -0.25) is 4.79 Å². The van der Waals surface area contributed by atoms with E-state index in [9.17, 15) is 9.59 Å².